The second kappa shape index (κ2) is 8.13. The Morgan fingerprint density at radius 3 is 2.11 bits per heavy atom. The summed E-state index contributed by atoms with van der Waals surface area (Å²) in [6, 6.07) is 2.03. The van der Waals surface area contributed by atoms with Gasteiger partial charge in [0, 0.05) is 12.7 Å². The van der Waals surface area contributed by atoms with Crippen molar-refractivity contribution in [3.05, 3.63) is 18.0 Å². The highest BCUT2D eigenvalue weighted by Crippen LogP contribution is 2.12. The highest BCUT2D eigenvalue weighted by atomic mass is 15.4. The number of hydrogen-bond acceptors (Lipinski definition) is 2. The number of nitrogens with zero attached hydrogens (tertiary/aromatic N) is 3. The number of aromatic nitrogens is 2. The maximum Gasteiger partial charge on any atom is 0.176 e. The van der Waals surface area contributed by atoms with E-state index in [4.69, 9.17) is 0 Å². The maximum absolute atomic E-state index is 4.57. The Kier molecular flexibility index (Phi) is 6.12. The van der Waals surface area contributed by atoms with Crippen molar-refractivity contribution in [2.75, 3.05) is 6.54 Å². The topological polar surface area (TPSA) is 30.2 Å². The molecule has 0 radical (unpaired) electrons. The molecule has 0 saturated heterocycles. The predicted octanol–water partition coefficient (Wildman–Crippen LogP) is 4.41. The summed E-state index contributed by atoms with van der Waals surface area (Å²) in [7, 11) is 0. The Morgan fingerprint density at radius 2 is 1.58 bits per heavy atom. The lowest BCUT2D eigenvalue weighted by Gasteiger charge is -2.09. The van der Waals surface area contributed by atoms with Gasteiger partial charge in [0.05, 0.1) is 0 Å². The van der Waals surface area contributed by atoms with Crippen LogP contribution in [-0.4, -0.2) is 22.2 Å². The Bertz CT molecular complexity index is 364. The van der Waals surface area contributed by atoms with Gasteiger partial charge in [-0.05, 0) is 12.5 Å². The fraction of sp³-hybridized carbons (Fsp3) is 0.750. The molecule has 0 spiro atoms. The minimum Gasteiger partial charge on any atom is -0.265 e. The van der Waals surface area contributed by atoms with E-state index in [9.17, 15) is 0 Å². The van der Waals surface area contributed by atoms with Gasteiger partial charge in [0.25, 0.3) is 0 Å². The van der Waals surface area contributed by atoms with Crippen molar-refractivity contribution in [2.24, 2.45) is 4.99 Å². The zero-order valence-electron chi connectivity index (χ0n) is 12.3. The fourth-order valence-corrected chi connectivity index (χ4v) is 2.57. The maximum atomic E-state index is 4.57. The van der Waals surface area contributed by atoms with E-state index in [1.807, 2.05) is 16.9 Å². The Hall–Kier alpha value is -1.12. The average Bonchev–Trinajstić information content (AvgIpc) is 3.03. The molecule has 0 fully saturated rings. The molecule has 0 aromatic carbocycles. The molecule has 106 valence electrons. The van der Waals surface area contributed by atoms with Crippen molar-refractivity contribution in [3.63, 3.8) is 0 Å². The van der Waals surface area contributed by atoms with Crippen LogP contribution in [0.3, 0.4) is 0 Å². The molecule has 3 nitrogen and oxygen atoms in total. The lowest BCUT2D eigenvalue weighted by molar-refractivity contribution is 0.558. The van der Waals surface area contributed by atoms with Crippen molar-refractivity contribution >= 4 is 5.84 Å². The summed E-state index contributed by atoms with van der Waals surface area (Å²) in [5.74, 6) is 1.08. The molecular formula is C16H27N3. The summed E-state index contributed by atoms with van der Waals surface area (Å²) in [4.78, 5) is 4.57. The standard InChI is InChI=1S/C16H27N3/c1-2-3-4-5-6-7-8-9-10-11-13-17-16-15-12-14-19(16)18-15/h12,14H,2-11,13H2,1H3. The highest BCUT2D eigenvalue weighted by molar-refractivity contribution is 6.03. The first-order valence-corrected chi connectivity index (χ1v) is 8.02. The minimum atomic E-state index is 0.961. The zero-order chi connectivity index (χ0) is 13.3. The largest absolute Gasteiger partial charge is 0.265 e. The van der Waals surface area contributed by atoms with Gasteiger partial charge < -0.3 is 0 Å². The first-order valence-electron chi connectivity index (χ1n) is 8.02. The van der Waals surface area contributed by atoms with Crippen molar-refractivity contribution in [3.8, 4) is 0 Å². The van der Waals surface area contributed by atoms with E-state index in [-0.39, 0.29) is 0 Å². The van der Waals surface area contributed by atoms with Gasteiger partial charge in [0.15, 0.2) is 5.84 Å². The number of unbranched alkanes of at least 4 members (excludes halogenated alkanes) is 9. The zero-order valence-corrected chi connectivity index (χ0v) is 12.3. The second-order valence-corrected chi connectivity index (χ2v) is 5.53. The molecule has 1 aromatic rings. The monoisotopic (exact) mass is 261 g/mol. The van der Waals surface area contributed by atoms with Crippen LogP contribution in [0.15, 0.2) is 17.3 Å². The van der Waals surface area contributed by atoms with E-state index in [1.165, 1.54) is 64.2 Å². The van der Waals surface area contributed by atoms with Crippen molar-refractivity contribution in [2.45, 2.75) is 71.1 Å². The molecule has 3 heteroatoms. The molecule has 2 bridgehead atoms. The van der Waals surface area contributed by atoms with Crippen LogP contribution < -0.4 is 0 Å². The van der Waals surface area contributed by atoms with Crippen molar-refractivity contribution in [1.82, 2.24) is 9.78 Å². The van der Waals surface area contributed by atoms with Gasteiger partial charge in [-0.1, -0.05) is 64.7 Å². The molecule has 2 aliphatic heterocycles. The third kappa shape index (κ3) is 4.48. The summed E-state index contributed by atoms with van der Waals surface area (Å²) in [6.07, 6.45) is 15.8. The van der Waals surface area contributed by atoms with E-state index in [2.05, 4.69) is 17.0 Å². The van der Waals surface area contributed by atoms with E-state index >= 15 is 0 Å². The SMILES string of the molecule is CCCCCCCCCCCCN=C1c2ccn1n2. The molecule has 19 heavy (non-hydrogen) atoms. The third-order valence-electron chi connectivity index (χ3n) is 3.81. The van der Waals surface area contributed by atoms with Crippen LogP contribution in [0.25, 0.3) is 0 Å². The van der Waals surface area contributed by atoms with E-state index in [1.54, 1.807) is 0 Å². The fourth-order valence-electron chi connectivity index (χ4n) is 2.57. The van der Waals surface area contributed by atoms with Crippen LogP contribution in [0, 0.1) is 0 Å². The van der Waals surface area contributed by atoms with Gasteiger partial charge in [0.2, 0.25) is 0 Å². The first-order chi connectivity index (χ1) is 9.42. The van der Waals surface area contributed by atoms with Crippen LogP contribution in [0.2, 0.25) is 0 Å². The predicted molar refractivity (Wildman–Crippen MR) is 80.9 cm³/mol. The molecule has 0 atom stereocenters. The van der Waals surface area contributed by atoms with Crippen LogP contribution >= 0.6 is 0 Å². The normalized spacial score (nSPS) is 14.9. The molecule has 0 amide bonds. The summed E-state index contributed by atoms with van der Waals surface area (Å²) in [6.45, 7) is 3.24. The molecule has 0 saturated carbocycles. The van der Waals surface area contributed by atoms with Gasteiger partial charge in [0.1, 0.15) is 5.69 Å². The molecule has 0 unspecified atom stereocenters. The molecular weight excluding hydrogens is 234 g/mol. The van der Waals surface area contributed by atoms with Gasteiger partial charge in [-0.15, -0.1) is 0 Å². The van der Waals surface area contributed by atoms with E-state index in [0.29, 0.717) is 0 Å². The molecule has 1 aromatic heterocycles. The Balaban J connectivity index is 1.36. The third-order valence-corrected chi connectivity index (χ3v) is 3.81. The Labute approximate surface area is 117 Å². The second-order valence-electron chi connectivity index (χ2n) is 5.53. The number of hydrogen-bond donors (Lipinski definition) is 0. The van der Waals surface area contributed by atoms with E-state index < -0.39 is 0 Å². The molecule has 2 aliphatic rings. The first kappa shape index (κ1) is 14.3. The number of fused-ring (bicyclic) bond motifs is 1. The van der Waals surface area contributed by atoms with E-state index in [0.717, 1.165) is 18.1 Å². The number of aliphatic imine (C=N–C) groups is 1. The van der Waals surface area contributed by atoms with Crippen LogP contribution in [0.5, 0.6) is 0 Å². The van der Waals surface area contributed by atoms with Crippen LogP contribution in [0.4, 0.5) is 0 Å². The lowest BCUT2D eigenvalue weighted by Crippen LogP contribution is -2.23. The van der Waals surface area contributed by atoms with Gasteiger partial charge >= 0.3 is 0 Å². The van der Waals surface area contributed by atoms with Gasteiger partial charge in [-0.25, -0.2) is 4.68 Å². The lowest BCUT2D eigenvalue weighted by atomic mass is 10.1. The smallest absolute Gasteiger partial charge is 0.176 e. The summed E-state index contributed by atoms with van der Waals surface area (Å²) >= 11 is 0. The molecule has 3 rings (SSSR count). The average molecular weight is 261 g/mol. The van der Waals surface area contributed by atoms with Crippen LogP contribution in [-0.2, 0) is 0 Å². The summed E-state index contributed by atoms with van der Waals surface area (Å²) in [5, 5.41) is 4.19. The van der Waals surface area contributed by atoms with Crippen LogP contribution in [0.1, 0.15) is 76.8 Å². The molecule has 3 heterocycles. The highest BCUT2D eigenvalue weighted by Gasteiger charge is 2.19. The van der Waals surface area contributed by atoms with Crippen molar-refractivity contribution < 1.29 is 0 Å². The molecule has 0 N–H and O–H groups in total. The van der Waals surface area contributed by atoms with Gasteiger partial charge in [-0.2, -0.15) is 5.10 Å². The minimum absolute atomic E-state index is 0.961. The van der Waals surface area contributed by atoms with Gasteiger partial charge in [-0.3, -0.25) is 4.99 Å². The number of rotatable bonds is 11. The summed E-state index contributed by atoms with van der Waals surface area (Å²) < 4.78 is 1.87. The van der Waals surface area contributed by atoms with Crippen molar-refractivity contribution in [1.29, 1.82) is 0 Å². The molecule has 0 aliphatic carbocycles. The summed E-state index contributed by atoms with van der Waals surface area (Å²) in [5.41, 5.74) is 1.06. The quantitative estimate of drug-likeness (QED) is 0.551. The Morgan fingerprint density at radius 1 is 0.947 bits per heavy atom.